The highest BCUT2D eigenvalue weighted by Gasteiger charge is 2.40. The molecule has 1 heteroatoms. The van der Waals surface area contributed by atoms with Gasteiger partial charge in [0, 0.05) is 4.83 Å². The fraction of sp³-hybridized carbons (Fsp3) is 1.00. The average molecular weight is 175 g/mol. The highest BCUT2D eigenvalue weighted by atomic mass is 79.9. The average Bonchev–Trinajstić information content (AvgIpc) is 1.80. The van der Waals surface area contributed by atoms with Crippen molar-refractivity contribution in [3.63, 3.8) is 0 Å². The molecule has 0 aliphatic heterocycles. The Morgan fingerprint density at radius 3 is 2.00 bits per heavy atom. The van der Waals surface area contributed by atoms with Gasteiger partial charge in [-0.2, -0.15) is 0 Å². The Bertz CT molecular complexity index is 94.6. The quantitative estimate of drug-likeness (QED) is 0.496. The van der Waals surface area contributed by atoms with Crippen LogP contribution in [0.15, 0.2) is 0 Å². The molecule has 0 nitrogen and oxygen atoms in total. The predicted molar refractivity (Wildman–Crippen MR) is 38.2 cm³/mol. The second-order valence-electron chi connectivity index (χ2n) is 3.09. The van der Waals surface area contributed by atoms with Crippen molar-refractivity contribution in [3.05, 3.63) is 0 Å². The van der Waals surface area contributed by atoms with E-state index in [-0.39, 0.29) is 0 Å². The molecule has 2 rings (SSSR count). The number of fused-ring (bicyclic) bond motifs is 1. The fourth-order valence-corrected chi connectivity index (χ4v) is 2.98. The Hall–Kier alpha value is 0.480. The lowest BCUT2D eigenvalue weighted by Gasteiger charge is -2.31. The van der Waals surface area contributed by atoms with E-state index in [2.05, 4.69) is 15.9 Å². The molecule has 0 bridgehead atoms. The van der Waals surface area contributed by atoms with Gasteiger partial charge in [0.15, 0.2) is 0 Å². The molecule has 3 atom stereocenters. The van der Waals surface area contributed by atoms with Crippen molar-refractivity contribution in [2.24, 2.45) is 11.8 Å². The van der Waals surface area contributed by atoms with Crippen molar-refractivity contribution in [2.45, 2.75) is 30.5 Å². The van der Waals surface area contributed by atoms with Gasteiger partial charge in [0.1, 0.15) is 0 Å². The summed E-state index contributed by atoms with van der Waals surface area (Å²) in [5.41, 5.74) is 0. The van der Waals surface area contributed by atoms with Crippen LogP contribution in [0.4, 0.5) is 0 Å². The topological polar surface area (TPSA) is 0 Å². The van der Waals surface area contributed by atoms with Crippen molar-refractivity contribution < 1.29 is 0 Å². The molecule has 0 aromatic rings. The summed E-state index contributed by atoms with van der Waals surface area (Å²) in [6, 6.07) is 0. The first-order valence-electron chi connectivity index (χ1n) is 3.52. The molecule has 2 aliphatic rings. The molecule has 0 N–H and O–H groups in total. The van der Waals surface area contributed by atoms with Crippen molar-refractivity contribution in [1.29, 1.82) is 0 Å². The molecule has 46 valence electrons. The smallest absolute Gasteiger partial charge is 0.0176 e. The molecule has 0 spiro atoms. The Balaban J connectivity index is 2.05. The second kappa shape index (κ2) is 1.73. The SMILES string of the molecule is BrC1CCC2CCC12. The zero-order chi connectivity index (χ0) is 5.56. The van der Waals surface area contributed by atoms with E-state index in [1.807, 2.05) is 0 Å². The fourth-order valence-electron chi connectivity index (χ4n) is 2.02. The van der Waals surface area contributed by atoms with Gasteiger partial charge in [0.25, 0.3) is 0 Å². The first kappa shape index (κ1) is 5.28. The minimum Gasteiger partial charge on any atom is -0.0888 e. The standard InChI is InChI=1S/C7H11Br/c8-7-4-2-5-1-3-6(5)7/h5-7H,1-4H2. The summed E-state index contributed by atoms with van der Waals surface area (Å²) in [6.45, 7) is 0. The minimum atomic E-state index is 0.890. The number of alkyl halides is 1. The van der Waals surface area contributed by atoms with Crippen LogP contribution in [-0.4, -0.2) is 4.83 Å². The molecule has 0 heterocycles. The van der Waals surface area contributed by atoms with Crippen LogP contribution in [0, 0.1) is 11.8 Å². The molecular weight excluding hydrogens is 164 g/mol. The Morgan fingerprint density at radius 1 is 1.00 bits per heavy atom. The van der Waals surface area contributed by atoms with E-state index in [9.17, 15) is 0 Å². The van der Waals surface area contributed by atoms with E-state index in [0.29, 0.717) is 0 Å². The summed E-state index contributed by atoms with van der Waals surface area (Å²) in [5.74, 6) is 2.20. The Kier molecular flexibility index (Phi) is 1.14. The third kappa shape index (κ3) is 0.570. The molecular formula is C7H11Br. The first-order chi connectivity index (χ1) is 3.88. The van der Waals surface area contributed by atoms with Crippen molar-refractivity contribution in [3.8, 4) is 0 Å². The van der Waals surface area contributed by atoms with Crippen molar-refractivity contribution in [2.75, 3.05) is 0 Å². The van der Waals surface area contributed by atoms with E-state index in [1.54, 1.807) is 0 Å². The van der Waals surface area contributed by atoms with Crippen molar-refractivity contribution >= 4 is 15.9 Å². The molecule has 2 fully saturated rings. The van der Waals surface area contributed by atoms with Gasteiger partial charge >= 0.3 is 0 Å². The van der Waals surface area contributed by atoms with Crippen LogP contribution in [0.2, 0.25) is 0 Å². The first-order valence-corrected chi connectivity index (χ1v) is 4.43. The van der Waals surface area contributed by atoms with Crippen LogP contribution < -0.4 is 0 Å². The number of rotatable bonds is 0. The van der Waals surface area contributed by atoms with Crippen molar-refractivity contribution in [1.82, 2.24) is 0 Å². The van der Waals surface area contributed by atoms with E-state index >= 15 is 0 Å². The molecule has 3 unspecified atom stereocenters. The molecule has 0 aromatic heterocycles. The van der Waals surface area contributed by atoms with E-state index in [1.165, 1.54) is 25.7 Å². The molecule has 0 saturated heterocycles. The molecule has 2 saturated carbocycles. The van der Waals surface area contributed by atoms with Gasteiger partial charge in [-0.05, 0) is 37.5 Å². The summed E-state index contributed by atoms with van der Waals surface area (Å²) < 4.78 is 0. The zero-order valence-electron chi connectivity index (χ0n) is 4.94. The third-order valence-corrected chi connectivity index (χ3v) is 3.89. The van der Waals surface area contributed by atoms with Gasteiger partial charge in [-0.15, -0.1) is 0 Å². The summed E-state index contributed by atoms with van der Waals surface area (Å²) in [5, 5.41) is 0. The number of hydrogen-bond acceptors (Lipinski definition) is 0. The molecule has 2 aliphatic carbocycles. The monoisotopic (exact) mass is 174 g/mol. The molecule has 0 amide bonds. The van der Waals surface area contributed by atoms with Crippen LogP contribution in [0.5, 0.6) is 0 Å². The number of hydrogen-bond donors (Lipinski definition) is 0. The second-order valence-corrected chi connectivity index (χ2v) is 4.27. The van der Waals surface area contributed by atoms with Crippen LogP contribution in [0.25, 0.3) is 0 Å². The highest BCUT2D eigenvalue weighted by Crippen LogP contribution is 2.49. The van der Waals surface area contributed by atoms with Crippen LogP contribution in [0.1, 0.15) is 25.7 Å². The summed E-state index contributed by atoms with van der Waals surface area (Å²) in [6.07, 6.45) is 5.96. The van der Waals surface area contributed by atoms with Gasteiger partial charge < -0.3 is 0 Å². The normalized spacial score (nSPS) is 52.9. The Morgan fingerprint density at radius 2 is 1.75 bits per heavy atom. The summed E-state index contributed by atoms with van der Waals surface area (Å²) in [7, 11) is 0. The molecule has 0 aromatic carbocycles. The van der Waals surface area contributed by atoms with Gasteiger partial charge in [-0.1, -0.05) is 15.9 Å². The number of halogens is 1. The third-order valence-electron chi connectivity index (χ3n) is 2.75. The lowest BCUT2D eigenvalue weighted by Crippen LogP contribution is -2.24. The van der Waals surface area contributed by atoms with Crippen LogP contribution in [-0.2, 0) is 0 Å². The maximum Gasteiger partial charge on any atom is 0.0176 e. The van der Waals surface area contributed by atoms with Gasteiger partial charge in [-0.3, -0.25) is 0 Å². The van der Waals surface area contributed by atoms with Gasteiger partial charge in [0.05, 0.1) is 0 Å². The lowest BCUT2D eigenvalue weighted by atomic mass is 9.76. The maximum atomic E-state index is 3.70. The van der Waals surface area contributed by atoms with Gasteiger partial charge in [-0.25, -0.2) is 0 Å². The lowest BCUT2D eigenvalue weighted by molar-refractivity contribution is 0.224. The van der Waals surface area contributed by atoms with Gasteiger partial charge in [0.2, 0.25) is 0 Å². The largest absolute Gasteiger partial charge is 0.0888 e. The van der Waals surface area contributed by atoms with E-state index in [0.717, 1.165) is 16.7 Å². The summed E-state index contributed by atoms with van der Waals surface area (Å²) >= 11 is 3.70. The highest BCUT2D eigenvalue weighted by molar-refractivity contribution is 9.09. The zero-order valence-corrected chi connectivity index (χ0v) is 6.52. The van der Waals surface area contributed by atoms with Crippen LogP contribution in [0.3, 0.4) is 0 Å². The Labute approximate surface area is 58.8 Å². The van der Waals surface area contributed by atoms with E-state index in [4.69, 9.17) is 0 Å². The summed E-state index contributed by atoms with van der Waals surface area (Å²) in [4.78, 5) is 0.890. The maximum absolute atomic E-state index is 3.70. The van der Waals surface area contributed by atoms with E-state index < -0.39 is 0 Å². The van der Waals surface area contributed by atoms with Crippen LogP contribution >= 0.6 is 15.9 Å². The molecule has 0 radical (unpaired) electrons. The minimum absolute atomic E-state index is 0.890. The molecule has 8 heavy (non-hydrogen) atoms. The predicted octanol–water partition coefficient (Wildman–Crippen LogP) is 2.57.